The van der Waals surface area contributed by atoms with Crippen molar-refractivity contribution in [3.63, 3.8) is 0 Å². The summed E-state index contributed by atoms with van der Waals surface area (Å²) >= 11 is 1.50. The van der Waals surface area contributed by atoms with E-state index in [0.717, 1.165) is 22.0 Å². The van der Waals surface area contributed by atoms with Gasteiger partial charge in [-0.15, -0.1) is 11.3 Å². The molecule has 1 aliphatic rings. The number of nitrogens with zero attached hydrogens (tertiary/aromatic N) is 3. The summed E-state index contributed by atoms with van der Waals surface area (Å²) in [6, 6.07) is 10.6. The predicted octanol–water partition coefficient (Wildman–Crippen LogP) is 5.11. The molecule has 0 spiro atoms. The highest BCUT2D eigenvalue weighted by atomic mass is 32.1. The topological polar surface area (TPSA) is 81.6 Å². The summed E-state index contributed by atoms with van der Waals surface area (Å²) in [4.78, 5) is 36.8. The number of anilines is 1. The van der Waals surface area contributed by atoms with Crippen LogP contribution in [0.25, 0.3) is 22.0 Å². The molecule has 0 N–H and O–H groups in total. The van der Waals surface area contributed by atoms with E-state index in [-0.39, 0.29) is 12.0 Å². The van der Waals surface area contributed by atoms with Crippen molar-refractivity contribution in [1.82, 2.24) is 9.97 Å². The minimum absolute atomic E-state index is 0.234. The third kappa shape index (κ3) is 4.61. The number of aromatic nitrogens is 2. The second-order valence-corrected chi connectivity index (χ2v) is 8.93. The van der Waals surface area contributed by atoms with E-state index in [1.807, 2.05) is 55.6 Å². The number of esters is 1. The zero-order chi connectivity index (χ0) is 23.5. The van der Waals surface area contributed by atoms with Crippen LogP contribution in [-0.4, -0.2) is 40.1 Å². The van der Waals surface area contributed by atoms with Crippen molar-refractivity contribution in [2.75, 3.05) is 4.90 Å². The summed E-state index contributed by atoms with van der Waals surface area (Å²) in [5.74, 6) is -0.0802. The van der Waals surface area contributed by atoms with Gasteiger partial charge in [0, 0.05) is 17.1 Å². The second kappa shape index (κ2) is 9.70. The van der Waals surface area contributed by atoms with Gasteiger partial charge in [-0.3, -0.25) is 14.7 Å². The zero-order valence-corrected chi connectivity index (χ0v) is 20.0. The molecule has 2 atom stereocenters. The average molecular weight is 466 g/mol. The Morgan fingerprint density at radius 3 is 2.70 bits per heavy atom. The highest BCUT2D eigenvalue weighted by Crippen LogP contribution is 2.40. The predicted molar refractivity (Wildman–Crippen MR) is 128 cm³/mol. The lowest BCUT2D eigenvalue weighted by Crippen LogP contribution is -2.53. The van der Waals surface area contributed by atoms with E-state index in [1.165, 1.54) is 11.3 Å². The number of carbonyl (C=O) groups excluding carboxylic acids is 2. The molecule has 172 valence electrons. The van der Waals surface area contributed by atoms with Gasteiger partial charge in [0.25, 0.3) is 5.91 Å². The van der Waals surface area contributed by atoms with Crippen LogP contribution < -0.4 is 9.64 Å². The van der Waals surface area contributed by atoms with Crippen molar-refractivity contribution in [2.45, 2.75) is 58.8 Å². The molecular formula is C25H27N3O4S. The number of carbonyl (C=O) groups is 2. The van der Waals surface area contributed by atoms with Gasteiger partial charge in [0.15, 0.2) is 6.10 Å². The first-order chi connectivity index (χ1) is 15.9. The smallest absolute Gasteiger partial charge is 0.329 e. The summed E-state index contributed by atoms with van der Waals surface area (Å²) in [6.07, 6.45) is 1.76. The molecule has 7 nitrogen and oxygen atoms in total. The number of hydrogen-bond acceptors (Lipinski definition) is 7. The quantitative estimate of drug-likeness (QED) is 0.451. The van der Waals surface area contributed by atoms with E-state index < -0.39 is 18.1 Å². The van der Waals surface area contributed by atoms with Crippen LogP contribution in [-0.2, 0) is 14.3 Å². The monoisotopic (exact) mass is 465 g/mol. The zero-order valence-electron chi connectivity index (χ0n) is 19.1. The van der Waals surface area contributed by atoms with Crippen molar-refractivity contribution in [3.8, 4) is 27.7 Å². The van der Waals surface area contributed by atoms with Gasteiger partial charge in [0.05, 0.1) is 23.2 Å². The van der Waals surface area contributed by atoms with E-state index in [2.05, 4.69) is 4.98 Å². The normalized spacial score (nSPS) is 16.3. The molecule has 1 aliphatic heterocycles. The second-order valence-electron chi connectivity index (χ2n) is 8.07. The summed E-state index contributed by atoms with van der Waals surface area (Å²) in [5.41, 5.74) is 2.96. The number of fused-ring (bicyclic) bond motifs is 1. The van der Waals surface area contributed by atoms with Gasteiger partial charge in [-0.25, -0.2) is 9.78 Å². The Morgan fingerprint density at radius 2 is 2.03 bits per heavy atom. The lowest BCUT2D eigenvalue weighted by Gasteiger charge is -2.38. The van der Waals surface area contributed by atoms with Crippen molar-refractivity contribution in [3.05, 3.63) is 48.0 Å². The fraction of sp³-hybridized carbons (Fsp3) is 0.360. The molecule has 33 heavy (non-hydrogen) atoms. The molecule has 0 fully saturated rings. The Hall–Kier alpha value is -3.26. The molecule has 0 radical (unpaired) electrons. The fourth-order valence-corrected chi connectivity index (χ4v) is 4.60. The van der Waals surface area contributed by atoms with Gasteiger partial charge in [-0.05, 0) is 57.0 Å². The first-order valence-electron chi connectivity index (χ1n) is 11.1. The number of hydrogen-bond donors (Lipinski definition) is 0. The van der Waals surface area contributed by atoms with Gasteiger partial charge in [-0.1, -0.05) is 19.9 Å². The largest absolute Gasteiger partial charge is 0.478 e. The third-order valence-electron chi connectivity index (χ3n) is 5.38. The van der Waals surface area contributed by atoms with E-state index in [9.17, 15) is 9.59 Å². The maximum Gasteiger partial charge on any atom is 0.329 e. The molecule has 8 heteroatoms. The standard InChI is InChI=1S/C25H27N3O4S/c1-5-19(25(30)31-15(3)4)28-20-13-16(10-11-22(20)32-21(6-2)24(28)29)18-14-33-23(27-18)17-9-7-8-12-26-17/h7-15,19,21H,5-6H2,1-4H3. The van der Waals surface area contributed by atoms with Crippen LogP contribution in [0.4, 0.5) is 5.69 Å². The first kappa shape index (κ1) is 22.9. The molecule has 3 aromatic rings. The van der Waals surface area contributed by atoms with Crippen LogP contribution >= 0.6 is 11.3 Å². The maximum absolute atomic E-state index is 13.3. The molecule has 3 heterocycles. The number of pyridine rings is 1. The van der Waals surface area contributed by atoms with Crippen molar-refractivity contribution >= 4 is 28.9 Å². The number of ether oxygens (including phenoxy) is 2. The third-order valence-corrected chi connectivity index (χ3v) is 6.24. The maximum atomic E-state index is 13.3. The van der Waals surface area contributed by atoms with E-state index >= 15 is 0 Å². The molecule has 2 aromatic heterocycles. The van der Waals surface area contributed by atoms with E-state index in [1.54, 1.807) is 24.9 Å². The van der Waals surface area contributed by atoms with Crippen LogP contribution in [0, 0.1) is 0 Å². The fourth-order valence-electron chi connectivity index (χ4n) is 3.80. The first-order valence-corrected chi connectivity index (χ1v) is 12.0. The van der Waals surface area contributed by atoms with Gasteiger partial charge in [-0.2, -0.15) is 0 Å². The number of rotatable bonds is 7. The molecule has 1 amide bonds. The summed E-state index contributed by atoms with van der Waals surface area (Å²) in [7, 11) is 0. The Balaban J connectivity index is 1.74. The molecule has 0 aliphatic carbocycles. The van der Waals surface area contributed by atoms with Gasteiger partial charge in [0.1, 0.15) is 16.8 Å². The van der Waals surface area contributed by atoms with E-state index in [4.69, 9.17) is 14.5 Å². The number of benzene rings is 1. The number of amides is 1. The highest BCUT2D eigenvalue weighted by molar-refractivity contribution is 7.13. The summed E-state index contributed by atoms with van der Waals surface area (Å²) in [5, 5.41) is 2.77. The Labute approximate surface area is 197 Å². The molecule has 2 unspecified atom stereocenters. The SMILES string of the molecule is CCC1Oc2ccc(-c3csc(-c4ccccn4)n3)cc2N(C(CC)C(=O)OC(C)C)C1=O. The van der Waals surface area contributed by atoms with Crippen LogP contribution in [0.5, 0.6) is 5.75 Å². The summed E-state index contributed by atoms with van der Waals surface area (Å²) in [6.45, 7) is 7.36. The van der Waals surface area contributed by atoms with Crippen LogP contribution in [0.15, 0.2) is 48.0 Å². The lowest BCUT2D eigenvalue weighted by atomic mass is 10.0. The molecule has 4 rings (SSSR count). The van der Waals surface area contributed by atoms with Gasteiger partial charge >= 0.3 is 5.97 Å². The highest BCUT2D eigenvalue weighted by Gasteiger charge is 2.40. The Kier molecular flexibility index (Phi) is 6.74. The Bertz CT molecular complexity index is 1150. The van der Waals surface area contributed by atoms with Crippen molar-refractivity contribution < 1.29 is 19.1 Å². The van der Waals surface area contributed by atoms with Gasteiger partial charge < -0.3 is 9.47 Å². The van der Waals surface area contributed by atoms with Crippen LogP contribution in [0.3, 0.4) is 0 Å². The van der Waals surface area contributed by atoms with E-state index in [0.29, 0.717) is 24.3 Å². The number of thiazole rings is 1. The molecular weight excluding hydrogens is 438 g/mol. The molecule has 0 saturated carbocycles. The Morgan fingerprint density at radius 1 is 1.21 bits per heavy atom. The summed E-state index contributed by atoms with van der Waals surface area (Å²) < 4.78 is 11.4. The van der Waals surface area contributed by atoms with Crippen molar-refractivity contribution in [1.29, 1.82) is 0 Å². The molecule has 0 bridgehead atoms. The van der Waals surface area contributed by atoms with Gasteiger partial charge in [0.2, 0.25) is 0 Å². The average Bonchev–Trinajstić information content (AvgIpc) is 3.31. The minimum Gasteiger partial charge on any atom is -0.478 e. The molecule has 0 saturated heterocycles. The molecule has 1 aromatic carbocycles. The lowest BCUT2D eigenvalue weighted by molar-refractivity contribution is -0.150. The van der Waals surface area contributed by atoms with Crippen LogP contribution in [0.1, 0.15) is 40.5 Å². The minimum atomic E-state index is -0.730. The van der Waals surface area contributed by atoms with Crippen molar-refractivity contribution in [2.24, 2.45) is 0 Å². The van der Waals surface area contributed by atoms with Crippen LogP contribution in [0.2, 0.25) is 0 Å².